The van der Waals surface area contributed by atoms with E-state index in [0.29, 0.717) is 6.54 Å². The summed E-state index contributed by atoms with van der Waals surface area (Å²) in [6, 6.07) is 17.0. The van der Waals surface area contributed by atoms with Gasteiger partial charge in [0.15, 0.2) is 6.10 Å². The van der Waals surface area contributed by atoms with Crippen molar-refractivity contribution >= 4 is 23.7 Å². The summed E-state index contributed by atoms with van der Waals surface area (Å²) in [7, 11) is 0. The van der Waals surface area contributed by atoms with Crippen molar-refractivity contribution < 1.29 is 28.7 Å². The lowest BCUT2D eigenvalue weighted by atomic mass is 9.82. The molecule has 0 aromatic heterocycles. The lowest BCUT2D eigenvalue weighted by Crippen LogP contribution is -2.61. The molecule has 210 valence electrons. The molecule has 5 atom stereocenters. The number of hydrogen-bond acceptors (Lipinski definition) is 6. The number of cyclic esters (lactones) is 1. The molecule has 0 aliphatic carbocycles. The summed E-state index contributed by atoms with van der Waals surface area (Å²) in [4.78, 5) is 51.4. The molecule has 3 rings (SSSR count). The average Bonchev–Trinajstić information content (AvgIpc) is 2.93. The van der Waals surface area contributed by atoms with Crippen LogP contribution in [0.15, 0.2) is 60.7 Å². The van der Waals surface area contributed by atoms with Crippen molar-refractivity contribution in [3.8, 4) is 0 Å². The van der Waals surface area contributed by atoms with Gasteiger partial charge >= 0.3 is 5.97 Å². The molecule has 0 saturated carbocycles. The molecule has 3 amide bonds. The first-order valence-corrected chi connectivity index (χ1v) is 13.5. The van der Waals surface area contributed by atoms with Gasteiger partial charge in [0, 0.05) is 6.54 Å². The predicted molar refractivity (Wildman–Crippen MR) is 146 cm³/mol. The van der Waals surface area contributed by atoms with E-state index in [1.54, 1.807) is 13.8 Å². The van der Waals surface area contributed by atoms with E-state index in [-0.39, 0.29) is 25.0 Å². The third-order valence-corrected chi connectivity index (χ3v) is 6.94. The van der Waals surface area contributed by atoms with Gasteiger partial charge in [-0.2, -0.15) is 0 Å². The van der Waals surface area contributed by atoms with E-state index in [1.165, 1.54) is 0 Å². The molecule has 1 saturated heterocycles. The van der Waals surface area contributed by atoms with Gasteiger partial charge < -0.3 is 25.4 Å². The number of hydrogen-bond donors (Lipinski definition) is 3. The van der Waals surface area contributed by atoms with Gasteiger partial charge in [-0.05, 0) is 23.0 Å². The summed E-state index contributed by atoms with van der Waals surface area (Å²) in [6.07, 6.45) is -0.207. The molecule has 2 aromatic carbocycles. The summed E-state index contributed by atoms with van der Waals surface area (Å²) >= 11 is 0. The van der Waals surface area contributed by atoms with Crippen LogP contribution in [0.4, 0.5) is 0 Å². The van der Waals surface area contributed by atoms with Crippen molar-refractivity contribution in [3.63, 3.8) is 0 Å². The molecule has 1 heterocycles. The lowest BCUT2D eigenvalue weighted by Gasteiger charge is -2.38. The summed E-state index contributed by atoms with van der Waals surface area (Å²) in [6.45, 7) is 7.92. The minimum absolute atomic E-state index is 0.0206. The molecule has 39 heavy (non-hydrogen) atoms. The highest BCUT2D eigenvalue weighted by molar-refractivity contribution is 5.97. The molecule has 0 spiro atoms. The fraction of sp³-hybridized carbons (Fsp3) is 0.467. The van der Waals surface area contributed by atoms with Crippen molar-refractivity contribution in [2.75, 3.05) is 6.61 Å². The van der Waals surface area contributed by atoms with Crippen LogP contribution in [-0.4, -0.2) is 48.5 Å². The third-order valence-electron chi connectivity index (χ3n) is 6.94. The van der Waals surface area contributed by atoms with Crippen LogP contribution in [0.25, 0.3) is 0 Å². The lowest BCUT2D eigenvalue weighted by molar-refractivity contribution is -0.193. The summed E-state index contributed by atoms with van der Waals surface area (Å²) in [5.74, 6) is -2.68. The number of ether oxygens (including phenoxy) is 2. The minimum atomic E-state index is -0.988. The monoisotopic (exact) mass is 537 g/mol. The van der Waals surface area contributed by atoms with Crippen molar-refractivity contribution in [3.05, 3.63) is 71.8 Å². The molecule has 1 fully saturated rings. The minimum Gasteiger partial charge on any atom is -0.451 e. The zero-order chi connectivity index (χ0) is 28.4. The second-order valence-corrected chi connectivity index (χ2v) is 10.3. The van der Waals surface area contributed by atoms with Gasteiger partial charge in [0.05, 0.1) is 13.2 Å². The molecule has 1 aliphatic rings. The maximum absolute atomic E-state index is 13.3. The first kappa shape index (κ1) is 29.8. The van der Waals surface area contributed by atoms with Crippen LogP contribution in [0.3, 0.4) is 0 Å². The van der Waals surface area contributed by atoms with E-state index >= 15 is 0 Å². The first-order valence-electron chi connectivity index (χ1n) is 13.5. The molecule has 0 radical (unpaired) electrons. The zero-order valence-corrected chi connectivity index (χ0v) is 23.0. The Hall–Kier alpha value is -3.72. The van der Waals surface area contributed by atoms with Gasteiger partial charge in [-0.15, -0.1) is 0 Å². The number of rotatable bonds is 14. The van der Waals surface area contributed by atoms with Crippen LogP contribution in [0.1, 0.15) is 45.2 Å². The van der Waals surface area contributed by atoms with Gasteiger partial charge in [-0.25, -0.2) is 0 Å². The maximum Gasteiger partial charge on any atom is 0.314 e. The number of carbonyl (C=O) groups is 4. The summed E-state index contributed by atoms with van der Waals surface area (Å²) in [5.41, 5.74) is 1.85. The Labute approximate surface area is 230 Å². The molecule has 2 aromatic rings. The van der Waals surface area contributed by atoms with Crippen LogP contribution >= 0.6 is 0 Å². The molecule has 4 unspecified atom stereocenters. The van der Waals surface area contributed by atoms with Gasteiger partial charge in [0.1, 0.15) is 18.0 Å². The van der Waals surface area contributed by atoms with Crippen LogP contribution in [0, 0.1) is 17.8 Å². The second kappa shape index (κ2) is 14.4. The van der Waals surface area contributed by atoms with E-state index < -0.39 is 47.8 Å². The topological polar surface area (TPSA) is 123 Å². The normalized spacial score (nSPS) is 18.7. The fourth-order valence-corrected chi connectivity index (χ4v) is 4.32. The largest absolute Gasteiger partial charge is 0.451 e. The number of nitrogens with one attached hydrogen (secondary N) is 3. The Morgan fingerprint density at radius 1 is 0.897 bits per heavy atom. The Morgan fingerprint density at radius 3 is 2.08 bits per heavy atom. The van der Waals surface area contributed by atoms with Gasteiger partial charge in [-0.3, -0.25) is 19.2 Å². The van der Waals surface area contributed by atoms with E-state index in [1.807, 2.05) is 74.5 Å². The number of amides is 3. The quantitative estimate of drug-likeness (QED) is 0.319. The second-order valence-electron chi connectivity index (χ2n) is 10.3. The third kappa shape index (κ3) is 8.38. The van der Waals surface area contributed by atoms with Gasteiger partial charge in [0.25, 0.3) is 5.91 Å². The standard InChI is InChI=1S/C30H39N3O6/c1-5-20(4)24-26(39-30(24)37)29(36)33-25(19(2)3)28(35)32-23(18-38-17-22-14-10-7-11-15-22)27(34)31-16-21-12-8-6-9-13-21/h6-15,19-20,23-26H,5,16-18H2,1-4H3,(H,31,34)(H,32,35)(H,33,36)/t20-,23?,24?,25?,26?/m0/s1. The fourth-order valence-electron chi connectivity index (χ4n) is 4.32. The Bertz CT molecular complexity index is 1110. The van der Waals surface area contributed by atoms with E-state index in [0.717, 1.165) is 17.5 Å². The number of benzene rings is 2. The maximum atomic E-state index is 13.3. The van der Waals surface area contributed by atoms with E-state index in [2.05, 4.69) is 16.0 Å². The smallest absolute Gasteiger partial charge is 0.314 e. The Kier molecular flexibility index (Phi) is 11.0. The molecular formula is C30H39N3O6. The SMILES string of the molecule is CC[C@H](C)C1C(=O)OC1C(=O)NC(C(=O)NC(COCc1ccccc1)C(=O)NCc1ccccc1)C(C)C. The van der Waals surface area contributed by atoms with Crippen LogP contribution in [-0.2, 0) is 41.8 Å². The molecule has 9 nitrogen and oxygen atoms in total. The summed E-state index contributed by atoms with van der Waals surface area (Å²) < 4.78 is 10.9. The predicted octanol–water partition coefficient (Wildman–Crippen LogP) is 2.73. The molecule has 0 bridgehead atoms. The van der Waals surface area contributed by atoms with Crippen molar-refractivity contribution in [1.82, 2.24) is 16.0 Å². The molecule has 1 aliphatic heterocycles. The number of esters is 1. The Morgan fingerprint density at radius 2 is 1.51 bits per heavy atom. The van der Waals surface area contributed by atoms with Crippen molar-refractivity contribution in [2.45, 2.75) is 65.5 Å². The molecular weight excluding hydrogens is 498 g/mol. The average molecular weight is 538 g/mol. The highest BCUT2D eigenvalue weighted by Gasteiger charge is 2.50. The number of carbonyl (C=O) groups excluding carboxylic acids is 4. The first-order chi connectivity index (χ1) is 18.7. The van der Waals surface area contributed by atoms with E-state index in [4.69, 9.17) is 9.47 Å². The highest BCUT2D eigenvalue weighted by Crippen LogP contribution is 2.31. The van der Waals surface area contributed by atoms with Crippen LogP contribution in [0.2, 0.25) is 0 Å². The molecule has 9 heteroatoms. The van der Waals surface area contributed by atoms with Gasteiger partial charge in [0.2, 0.25) is 11.8 Å². The zero-order valence-electron chi connectivity index (χ0n) is 23.0. The van der Waals surface area contributed by atoms with Crippen LogP contribution < -0.4 is 16.0 Å². The summed E-state index contributed by atoms with van der Waals surface area (Å²) in [5, 5.41) is 8.34. The highest BCUT2D eigenvalue weighted by atomic mass is 16.6. The van der Waals surface area contributed by atoms with Crippen molar-refractivity contribution in [2.24, 2.45) is 17.8 Å². The van der Waals surface area contributed by atoms with E-state index in [9.17, 15) is 19.2 Å². The van der Waals surface area contributed by atoms with Crippen molar-refractivity contribution in [1.29, 1.82) is 0 Å². The van der Waals surface area contributed by atoms with Gasteiger partial charge in [-0.1, -0.05) is 94.8 Å². The Balaban J connectivity index is 1.66. The van der Waals surface area contributed by atoms with Crippen LogP contribution in [0.5, 0.6) is 0 Å². The molecule has 3 N–H and O–H groups in total.